The Balaban J connectivity index is 0.00000342. The number of hydrogen-bond acceptors (Lipinski definition) is 7. The zero-order valence-corrected chi connectivity index (χ0v) is 23.0. The van der Waals surface area contributed by atoms with Crippen LogP contribution in [0.3, 0.4) is 0 Å². The Morgan fingerprint density at radius 1 is 0.829 bits per heavy atom. The number of carbonyl (C=O) groups is 1. The minimum absolute atomic E-state index is 0. The molecular weight excluding hydrogens is 475 g/mol. The van der Waals surface area contributed by atoms with E-state index in [0.717, 1.165) is 15.8 Å². The second kappa shape index (κ2) is 11.6. The smallest absolute Gasteiger partial charge is 0.867 e. The van der Waals surface area contributed by atoms with Crippen molar-refractivity contribution in [3.63, 3.8) is 0 Å². The third kappa shape index (κ3) is 5.49. The zero-order valence-electron chi connectivity index (χ0n) is 20.2. The molecule has 1 aromatic heterocycles. The topological polar surface area (TPSA) is 77.1 Å². The van der Waals surface area contributed by atoms with E-state index < -0.39 is 5.75 Å². The summed E-state index contributed by atoms with van der Waals surface area (Å²) in [7, 11) is 5.93. The van der Waals surface area contributed by atoms with E-state index in [4.69, 9.17) is 18.9 Å². The Morgan fingerprint density at radius 2 is 1.46 bits per heavy atom. The maximum Gasteiger partial charge on any atom is 1.00 e. The number of rotatable bonds is 8. The molecule has 0 aliphatic heterocycles. The molecular formula is C27H23NaO6S. The molecule has 35 heavy (non-hydrogen) atoms. The number of fused-ring (bicyclic) bond motifs is 1. The monoisotopic (exact) mass is 498 g/mol. The molecule has 4 aromatic rings. The van der Waals surface area contributed by atoms with Crippen LogP contribution in [-0.4, -0.2) is 34.2 Å². The van der Waals surface area contributed by atoms with Crippen LogP contribution in [-0.2, 0) is 0 Å². The summed E-state index contributed by atoms with van der Waals surface area (Å²) in [6, 6.07) is 16.8. The number of carbonyl (C=O) groups excluding carboxylic acids is 1. The number of allylic oxidation sites excluding steroid dienone is 1. The molecule has 0 amide bonds. The minimum atomic E-state index is -0.407. The van der Waals surface area contributed by atoms with Gasteiger partial charge < -0.3 is 24.1 Å². The van der Waals surface area contributed by atoms with Gasteiger partial charge in [-0.2, -0.15) is 0 Å². The van der Waals surface area contributed by atoms with Crippen molar-refractivity contribution >= 4 is 33.3 Å². The normalized spacial score (nSPS) is 10.7. The first-order valence-electron chi connectivity index (χ1n) is 10.4. The van der Waals surface area contributed by atoms with Gasteiger partial charge in [0.1, 0.15) is 23.0 Å². The molecule has 0 fully saturated rings. The molecule has 0 saturated carbocycles. The van der Waals surface area contributed by atoms with Crippen molar-refractivity contribution in [3.05, 3.63) is 71.8 Å². The summed E-state index contributed by atoms with van der Waals surface area (Å²) in [5.41, 5.74) is 1.89. The van der Waals surface area contributed by atoms with Gasteiger partial charge in [0.25, 0.3) is 0 Å². The number of ketones is 1. The van der Waals surface area contributed by atoms with Gasteiger partial charge in [0.2, 0.25) is 0 Å². The SMILES string of the molecule is COc1cc(OC)c(-c2cc3ccccc3s2)cc1C=CC(=O)c1cc(OC)c([O-])c(OC)c1.[Na+]. The van der Waals surface area contributed by atoms with Gasteiger partial charge in [0, 0.05) is 32.3 Å². The van der Waals surface area contributed by atoms with E-state index >= 15 is 0 Å². The van der Waals surface area contributed by atoms with Crippen molar-refractivity contribution in [1.29, 1.82) is 0 Å². The third-order valence-electron chi connectivity index (χ3n) is 5.40. The quantitative estimate of drug-likeness (QED) is 0.211. The predicted molar refractivity (Wildman–Crippen MR) is 133 cm³/mol. The molecule has 0 unspecified atom stereocenters. The molecule has 8 heteroatoms. The molecule has 0 atom stereocenters. The number of thiophene rings is 1. The predicted octanol–water partition coefficient (Wildman–Crippen LogP) is 2.58. The van der Waals surface area contributed by atoms with Gasteiger partial charge in [-0.3, -0.25) is 4.79 Å². The van der Waals surface area contributed by atoms with Crippen LogP contribution in [0.25, 0.3) is 26.6 Å². The van der Waals surface area contributed by atoms with Crippen LogP contribution in [0.2, 0.25) is 0 Å². The van der Waals surface area contributed by atoms with Crippen LogP contribution in [0, 0.1) is 0 Å². The molecule has 3 aromatic carbocycles. The van der Waals surface area contributed by atoms with Gasteiger partial charge in [-0.05, 0) is 53.6 Å². The van der Waals surface area contributed by atoms with Crippen LogP contribution < -0.4 is 53.6 Å². The summed E-state index contributed by atoms with van der Waals surface area (Å²) >= 11 is 1.66. The molecule has 0 aliphatic rings. The van der Waals surface area contributed by atoms with Crippen LogP contribution in [0.5, 0.6) is 28.7 Å². The van der Waals surface area contributed by atoms with E-state index in [-0.39, 0.29) is 52.4 Å². The first-order chi connectivity index (χ1) is 16.5. The fourth-order valence-electron chi connectivity index (χ4n) is 3.64. The van der Waals surface area contributed by atoms with E-state index in [1.807, 2.05) is 24.3 Å². The Kier molecular flexibility index (Phi) is 8.86. The van der Waals surface area contributed by atoms with Crippen LogP contribution in [0.4, 0.5) is 0 Å². The Bertz CT molecular complexity index is 1330. The molecule has 0 radical (unpaired) electrons. The molecule has 0 N–H and O–H groups in total. The maximum absolute atomic E-state index is 12.9. The first-order valence-corrected chi connectivity index (χ1v) is 11.2. The number of ether oxygens (including phenoxy) is 4. The van der Waals surface area contributed by atoms with Gasteiger partial charge in [0.15, 0.2) is 5.78 Å². The van der Waals surface area contributed by atoms with Crippen molar-refractivity contribution in [1.82, 2.24) is 0 Å². The van der Waals surface area contributed by atoms with Gasteiger partial charge in [-0.1, -0.05) is 18.2 Å². The van der Waals surface area contributed by atoms with Crippen LogP contribution in [0.15, 0.2) is 60.7 Å². The molecule has 4 rings (SSSR count). The summed E-state index contributed by atoms with van der Waals surface area (Å²) in [4.78, 5) is 13.9. The van der Waals surface area contributed by atoms with Crippen molar-refractivity contribution in [2.24, 2.45) is 0 Å². The molecule has 0 spiro atoms. The van der Waals surface area contributed by atoms with Gasteiger partial charge in [-0.15, -0.1) is 11.3 Å². The summed E-state index contributed by atoms with van der Waals surface area (Å²) in [6.07, 6.45) is 3.11. The fourth-order valence-corrected chi connectivity index (χ4v) is 4.73. The Hall–Kier alpha value is -2.97. The molecule has 174 valence electrons. The summed E-state index contributed by atoms with van der Waals surface area (Å²) in [5, 5.41) is 13.3. The van der Waals surface area contributed by atoms with E-state index in [2.05, 4.69) is 18.2 Å². The van der Waals surface area contributed by atoms with E-state index in [9.17, 15) is 9.90 Å². The van der Waals surface area contributed by atoms with Crippen molar-refractivity contribution < 1.29 is 58.4 Å². The van der Waals surface area contributed by atoms with Crippen molar-refractivity contribution in [2.75, 3.05) is 28.4 Å². The van der Waals surface area contributed by atoms with E-state index in [0.29, 0.717) is 17.1 Å². The average molecular weight is 499 g/mol. The summed E-state index contributed by atoms with van der Waals surface area (Å²) < 4.78 is 22.5. The number of methoxy groups -OCH3 is 4. The number of hydrogen-bond donors (Lipinski definition) is 0. The molecule has 0 bridgehead atoms. The molecule has 0 aliphatic carbocycles. The summed E-state index contributed by atoms with van der Waals surface area (Å²) in [5.74, 6) is 0.617. The van der Waals surface area contributed by atoms with Crippen molar-refractivity contribution in [3.8, 4) is 39.2 Å². The van der Waals surface area contributed by atoms with Crippen LogP contribution >= 0.6 is 11.3 Å². The van der Waals surface area contributed by atoms with Crippen molar-refractivity contribution in [2.45, 2.75) is 0 Å². The zero-order chi connectivity index (χ0) is 24.2. The maximum atomic E-state index is 12.9. The van der Waals surface area contributed by atoms with Gasteiger partial charge in [-0.25, -0.2) is 0 Å². The first kappa shape index (κ1) is 26.6. The fraction of sp³-hybridized carbons (Fsp3) is 0.148. The number of benzene rings is 3. The molecule has 0 saturated heterocycles. The summed E-state index contributed by atoms with van der Waals surface area (Å²) in [6.45, 7) is 0. The van der Waals surface area contributed by atoms with E-state index in [1.54, 1.807) is 31.6 Å². The molecule has 1 heterocycles. The van der Waals surface area contributed by atoms with Crippen LogP contribution in [0.1, 0.15) is 15.9 Å². The largest absolute Gasteiger partial charge is 1.00 e. The Morgan fingerprint density at radius 3 is 2.06 bits per heavy atom. The minimum Gasteiger partial charge on any atom is -0.867 e. The van der Waals surface area contributed by atoms with E-state index in [1.165, 1.54) is 37.1 Å². The van der Waals surface area contributed by atoms with Gasteiger partial charge >= 0.3 is 29.6 Å². The second-order valence-electron chi connectivity index (χ2n) is 7.35. The average Bonchev–Trinajstić information content (AvgIpc) is 3.31. The standard InChI is InChI=1S/C27H24O6S.Na/c1-30-21-15-22(31-2)19(26-14-17-7-5-6-8-25(17)34-26)11-16(21)9-10-20(28)18-12-23(32-3)27(29)24(13-18)33-4;/h5-15,29H,1-4H3;/q;+1/p-1. The molecule has 6 nitrogen and oxygen atoms in total. The Labute approximate surface area is 230 Å². The third-order valence-corrected chi connectivity index (χ3v) is 6.55. The second-order valence-corrected chi connectivity index (χ2v) is 8.43. The van der Waals surface area contributed by atoms with Gasteiger partial charge in [0.05, 0.1) is 28.4 Å².